The minimum absolute atomic E-state index is 0.193. The third kappa shape index (κ3) is 2.96. The van der Waals surface area contributed by atoms with Crippen molar-refractivity contribution in [1.82, 2.24) is 9.97 Å². The maximum atomic E-state index is 10.6. The number of aromatic hydroxyl groups is 1. The zero-order chi connectivity index (χ0) is 17.6. The average Bonchev–Trinajstić information content (AvgIpc) is 3.15. The van der Waals surface area contributed by atoms with Crippen molar-refractivity contribution in [3.63, 3.8) is 0 Å². The van der Waals surface area contributed by atoms with Crippen LogP contribution < -0.4 is 5.32 Å². The molecule has 5 nitrogen and oxygen atoms in total. The molecule has 0 fully saturated rings. The number of aromatic nitrogens is 2. The van der Waals surface area contributed by atoms with Crippen molar-refractivity contribution in [3.05, 3.63) is 46.1 Å². The lowest BCUT2D eigenvalue weighted by molar-refractivity contribution is 0.160. The summed E-state index contributed by atoms with van der Waals surface area (Å²) in [6.45, 7) is 3.84. The molecule has 3 N–H and O–H groups in total. The van der Waals surface area contributed by atoms with Crippen LogP contribution in [0.25, 0.3) is 10.2 Å². The predicted molar refractivity (Wildman–Crippen MR) is 100 cm³/mol. The van der Waals surface area contributed by atoms with Crippen LogP contribution >= 0.6 is 11.3 Å². The van der Waals surface area contributed by atoms with Gasteiger partial charge in [-0.2, -0.15) is 0 Å². The highest BCUT2D eigenvalue weighted by atomic mass is 32.1. The van der Waals surface area contributed by atoms with E-state index in [-0.39, 0.29) is 11.8 Å². The van der Waals surface area contributed by atoms with Gasteiger partial charge >= 0.3 is 0 Å². The van der Waals surface area contributed by atoms with Crippen LogP contribution in [-0.4, -0.2) is 26.2 Å². The summed E-state index contributed by atoms with van der Waals surface area (Å²) >= 11 is 1.77. The Balaban J connectivity index is 1.66. The fraction of sp³-hybridized carbons (Fsp3) is 0.368. The summed E-state index contributed by atoms with van der Waals surface area (Å²) in [4.78, 5) is 11.7. The second-order valence-electron chi connectivity index (χ2n) is 6.63. The molecule has 1 aliphatic carbocycles. The maximum absolute atomic E-state index is 10.6. The molecule has 25 heavy (non-hydrogen) atoms. The van der Waals surface area contributed by atoms with E-state index >= 15 is 0 Å². The van der Waals surface area contributed by atoms with Crippen LogP contribution in [-0.2, 0) is 12.8 Å². The van der Waals surface area contributed by atoms with Crippen molar-refractivity contribution in [1.29, 1.82) is 0 Å². The van der Waals surface area contributed by atoms with Gasteiger partial charge in [0.05, 0.1) is 17.5 Å². The average molecular weight is 355 g/mol. The van der Waals surface area contributed by atoms with E-state index in [0.717, 1.165) is 40.3 Å². The van der Waals surface area contributed by atoms with Crippen LogP contribution in [0, 0.1) is 6.92 Å². The summed E-state index contributed by atoms with van der Waals surface area (Å²) in [5, 5.41) is 24.6. The molecule has 1 aliphatic rings. The fourth-order valence-corrected chi connectivity index (χ4v) is 4.77. The molecule has 2 aromatic heterocycles. The van der Waals surface area contributed by atoms with E-state index < -0.39 is 6.10 Å². The Labute approximate surface area is 150 Å². The lowest BCUT2D eigenvalue weighted by Crippen LogP contribution is -2.25. The lowest BCUT2D eigenvalue weighted by atomic mass is 10.0. The summed E-state index contributed by atoms with van der Waals surface area (Å²) in [6, 6.07) is 6.43. The maximum Gasteiger partial charge on any atom is 0.139 e. The highest BCUT2D eigenvalue weighted by Crippen LogP contribution is 2.40. The Bertz CT molecular complexity index is 921. The van der Waals surface area contributed by atoms with Gasteiger partial charge in [-0.15, -0.1) is 11.3 Å². The van der Waals surface area contributed by atoms with Gasteiger partial charge in [0.2, 0.25) is 0 Å². The van der Waals surface area contributed by atoms with Gasteiger partial charge < -0.3 is 15.5 Å². The van der Waals surface area contributed by atoms with E-state index in [1.807, 2.05) is 13.8 Å². The van der Waals surface area contributed by atoms with E-state index in [1.165, 1.54) is 16.9 Å². The molecule has 0 aliphatic heterocycles. The van der Waals surface area contributed by atoms with Gasteiger partial charge in [-0.1, -0.05) is 12.1 Å². The molecule has 130 valence electrons. The molecule has 3 aromatic rings. The molecule has 2 heterocycles. The standard InChI is InChI=1S/C19H21N3O2S/c1-10(17(24)12-6-8-13(23)9-7-12)20-18-16-14-4-3-5-15(14)25-19(16)22-11(2)21-18/h6-10,17,23-24H,3-5H2,1-2H3,(H,20,21,22)/t10-,17+/m1/s1. The zero-order valence-electron chi connectivity index (χ0n) is 14.3. The van der Waals surface area contributed by atoms with E-state index in [1.54, 1.807) is 35.6 Å². The molecule has 0 spiro atoms. The summed E-state index contributed by atoms with van der Waals surface area (Å²) in [6.07, 6.45) is 2.69. The Morgan fingerprint density at radius 3 is 2.68 bits per heavy atom. The topological polar surface area (TPSA) is 78.3 Å². The van der Waals surface area contributed by atoms with Crippen molar-refractivity contribution in [3.8, 4) is 5.75 Å². The van der Waals surface area contributed by atoms with Crippen molar-refractivity contribution in [2.45, 2.75) is 45.3 Å². The molecular weight excluding hydrogens is 334 g/mol. The molecule has 4 rings (SSSR count). The lowest BCUT2D eigenvalue weighted by Gasteiger charge is -2.22. The second kappa shape index (κ2) is 6.28. The van der Waals surface area contributed by atoms with Gasteiger partial charge in [0.15, 0.2) is 0 Å². The monoisotopic (exact) mass is 355 g/mol. The first-order chi connectivity index (χ1) is 12.0. The minimum atomic E-state index is -0.697. The Morgan fingerprint density at radius 2 is 1.92 bits per heavy atom. The summed E-state index contributed by atoms with van der Waals surface area (Å²) in [5.74, 6) is 1.74. The first kappa shape index (κ1) is 16.3. The third-order valence-corrected chi connectivity index (χ3v) is 5.93. The van der Waals surface area contributed by atoms with Crippen molar-refractivity contribution in [2.24, 2.45) is 0 Å². The number of phenolic OH excluding ortho intramolecular Hbond substituents is 1. The number of nitrogens with one attached hydrogen (secondary N) is 1. The van der Waals surface area contributed by atoms with E-state index in [2.05, 4.69) is 15.3 Å². The molecule has 0 bridgehead atoms. The number of rotatable bonds is 4. The summed E-state index contributed by atoms with van der Waals surface area (Å²) in [7, 11) is 0. The number of aryl methyl sites for hydroxylation is 3. The molecule has 0 unspecified atom stereocenters. The van der Waals surface area contributed by atoms with Gasteiger partial charge in [-0.25, -0.2) is 9.97 Å². The number of hydrogen-bond donors (Lipinski definition) is 3. The number of benzene rings is 1. The zero-order valence-corrected chi connectivity index (χ0v) is 15.1. The van der Waals surface area contributed by atoms with Crippen LogP contribution in [0.5, 0.6) is 5.75 Å². The molecule has 0 amide bonds. The number of hydrogen-bond acceptors (Lipinski definition) is 6. The van der Waals surface area contributed by atoms with Crippen LogP contribution in [0.4, 0.5) is 5.82 Å². The van der Waals surface area contributed by atoms with Gasteiger partial charge in [0.1, 0.15) is 22.2 Å². The molecule has 2 atom stereocenters. The van der Waals surface area contributed by atoms with E-state index in [4.69, 9.17) is 0 Å². The first-order valence-corrected chi connectivity index (χ1v) is 9.37. The number of aliphatic hydroxyl groups excluding tert-OH is 1. The van der Waals surface area contributed by atoms with Gasteiger partial charge in [-0.05, 0) is 56.4 Å². The second-order valence-corrected chi connectivity index (χ2v) is 7.71. The Hall–Kier alpha value is -2.18. The number of thiophene rings is 1. The van der Waals surface area contributed by atoms with Crippen molar-refractivity contribution in [2.75, 3.05) is 5.32 Å². The van der Waals surface area contributed by atoms with Gasteiger partial charge in [-0.3, -0.25) is 0 Å². The number of aliphatic hydroxyl groups is 1. The third-order valence-electron chi connectivity index (χ3n) is 4.75. The van der Waals surface area contributed by atoms with Gasteiger partial charge in [0, 0.05) is 4.88 Å². The SMILES string of the molecule is Cc1nc(N[C@H](C)[C@H](O)c2ccc(O)cc2)c2c3c(sc2n1)CCC3. The number of fused-ring (bicyclic) bond motifs is 3. The molecule has 6 heteroatoms. The number of nitrogens with zero attached hydrogens (tertiary/aromatic N) is 2. The largest absolute Gasteiger partial charge is 0.508 e. The highest BCUT2D eigenvalue weighted by molar-refractivity contribution is 7.19. The quantitative estimate of drug-likeness (QED) is 0.665. The van der Waals surface area contributed by atoms with Crippen LogP contribution in [0.15, 0.2) is 24.3 Å². The predicted octanol–water partition coefficient (Wildman–Crippen LogP) is 3.73. The molecule has 1 aromatic carbocycles. The van der Waals surface area contributed by atoms with Gasteiger partial charge in [0.25, 0.3) is 0 Å². The fourth-order valence-electron chi connectivity index (χ4n) is 3.46. The molecule has 0 saturated carbocycles. The summed E-state index contributed by atoms with van der Waals surface area (Å²) in [5.41, 5.74) is 2.13. The molecule has 0 saturated heterocycles. The minimum Gasteiger partial charge on any atom is -0.508 e. The van der Waals surface area contributed by atoms with E-state index in [0.29, 0.717) is 0 Å². The highest BCUT2D eigenvalue weighted by Gasteiger charge is 2.24. The van der Waals surface area contributed by atoms with E-state index in [9.17, 15) is 10.2 Å². The van der Waals surface area contributed by atoms with Crippen molar-refractivity contribution < 1.29 is 10.2 Å². The Kier molecular flexibility index (Phi) is 4.09. The van der Waals surface area contributed by atoms with Crippen LogP contribution in [0.1, 0.15) is 41.3 Å². The van der Waals surface area contributed by atoms with Crippen molar-refractivity contribution >= 4 is 27.4 Å². The number of anilines is 1. The normalized spacial score (nSPS) is 16.0. The first-order valence-electron chi connectivity index (χ1n) is 8.55. The number of phenols is 1. The molecule has 0 radical (unpaired) electrons. The summed E-state index contributed by atoms with van der Waals surface area (Å²) < 4.78 is 0. The van der Waals surface area contributed by atoms with Crippen LogP contribution in [0.3, 0.4) is 0 Å². The van der Waals surface area contributed by atoms with Crippen LogP contribution in [0.2, 0.25) is 0 Å². The smallest absolute Gasteiger partial charge is 0.139 e. The Morgan fingerprint density at radius 1 is 1.16 bits per heavy atom. The molecular formula is C19H21N3O2S.